The van der Waals surface area contributed by atoms with Crippen LogP contribution in [0.25, 0.3) is 0 Å². The minimum atomic E-state index is -3.92. The first-order valence-corrected chi connectivity index (χ1v) is 30.8. The summed E-state index contributed by atoms with van der Waals surface area (Å²) < 4.78 is 67.3. The van der Waals surface area contributed by atoms with E-state index in [-0.39, 0.29) is 87.2 Å². The second-order valence-corrected chi connectivity index (χ2v) is 24.1. The zero-order valence-electron chi connectivity index (χ0n) is 50.8. The second kappa shape index (κ2) is 36.6. The molecule has 22 nitrogen and oxygen atoms in total. The molecule has 4 N–H and O–H groups in total. The number of aliphatic imine (C=N–C) groups is 1. The highest BCUT2D eigenvalue weighted by atomic mass is 32.2. The standard InChI is InChI=1S/C61H86N6O13.CH4O3S/c1-43(2)32-53(55(70)37-50(34-47-16-12-9-13-17-47)60(73)65-54(33-44(3)4)58(71)61(6)42-79-61)64-59(72)49(20-18-46-14-10-8-11-15-46)36-52(69)40-67(22-24-74-25-23-67)39-48-19-21-56(80-45(5)68)57(35-48)78-31-30-76-27-26-75-28-29-77-41-51(66-62)38-63-7;1-5(2,3)4/h8-17,19,21,35,38,43-44,49-50,53-54H,18,20,22-34,36-37,39-42H2,1-7H3,(H3-,62,63,64,65,72,73);1H3,(H,2,3,4)/t49-,50-,53+,54+,61-;/m1./s1. The van der Waals surface area contributed by atoms with Crippen LogP contribution in [0.5, 0.6) is 11.5 Å². The van der Waals surface area contributed by atoms with Crippen LogP contribution in [0.4, 0.5) is 0 Å². The highest BCUT2D eigenvalue weighted by Gasteiger charge is 2.50. The van der Waals surface area contributed by atoms with Crippen LogP contribution in [0.1, 0.15) is 90.3 Å². The molecule has 0 radical (unpaired) electrons. The van der Waals surface area contributed by atoms with Crippen molar-refractivity contribution in [2.24, 2.45) is 39.6 Å². The smallest absolute Gasteiger partial charge is 0.308 e. The van der Waals surface area contributed by atoms with E-state index in [0.29, 0.717) is 107 Å². The van der Waals surface area contributed by atoms with Gasteiger partial charge in [0.1, 0.15) is 44.1 Å². The van der Waals surface area contributed by atoms with Crippen LogP contribution >= 0.6 is 0 Å². The van der Waals surface area contributed by atoms with Gasteiger partial charge in [0.15, 0.2) is 28.8 Å². The molecule has 3 aromatic carbocycles. The number of carbonyl (C=O) groups excluding carboxylic acids is 6. The van der Waals surface area contributed by atoms with E-state index in [0.717, 1.165) is 16.7 Å². The molecule has 0 bridgehead atoms. The van der Waals surface area contributed by atoms with Crippen LogP contribution in [0.3, 0.4) is 0 Å². The second-order valence-electron chi connectivity index (χ2n) is 22.7. The molecule has 2 heterocycles. The summed E-state index contributed by atoms with van der Waals surface area (Å²) in [6.45, 7) is 15.7. The van der Waals surface area contributed by atoms with Gasteiger partial charge in [0.2, 0.25) is 11.8 Å². The summed E-state index contributed by atoms with van der Waals surface area (Å²) in [5.41, 5.74) is 2.28. The van der Waals surface area contributed by atoms with Crippen LogP contribution < -0.4 is 25.9 Å². The van der Waals surface area contributed by atoms with E-state index in [1.165, 1.54) is 13.1 Å². The lowest BCUT2D eigenvalue weighted by Gasteiger charge is -2.41. The Balaban J connectivity index is 0.00000297. The topological polar surface area (TPSA) is 302 Å². The molecule has 0 unspecified atom stereocenters. The van der Waals surface area contributed by atoms with E-state index < -0.39 is 57.4 Å². The number of esters is 1. The number of amides is 2. The van der Waals surface area contributed by atoms with Gasteiger partial charge in [-0.1, -0.05) is 88.4 Å². The number of rotatable bonds is 38. The van der Waals surface area contributed by atoms with Gasteiger partial charge in [-0.3, -0.25) is 33.8 Å². The molecule has 5 rings (SSSR count). The highest BCUT2D eigenvalue weighted by molar-refractivity contribution is 7.84. The van der Waals surface area contributed by atoms with Crippen molar-refractivity contribution in [2.75, 3.05) is 99.0 Å². The number of hydrogen-bond donors (Lipinski definition) is 3. The molecule has 85 heavy (non-hydrogen) atoms. The number of ketones is 3. The average molecular weight is 1210 g/mol. The summed E-state index contributed by atoms with van der Waals surface area (Å²) in [5.74, 6) is 2.48. The van der Waals surface area contributed by atoms with Gasteiger partial charge in [0.05, 0.1) is 81.7 Å². The van der Waals surface area contributed by atoms with Crippen LogP contribution in [-0.2, 0) is 82.0 Å². The van der Waals surface area contributed by atoms with E-state index in [2.05, 4.69) is 20.7 Å². The SMILES string of the molecule is CN=CC(COCCOCCOCCOc1cc(C[N+]2(CC(=O)C[C@@H](CCc3ccccc3)C(=O)N[C@@H](CC(C)C)C(=O)C[C@@H](Cc3ccccc3)C(=O)N[C@@H](CC(C)C)C(=O)[C@@]3(C)CO3)CCOCC2)ccc1OC(C)=O)=NN.CS(=O)(=O)[O-]. The molecule has 3 aromatic rings. The Morgan fingerprint density at radius 1 is 0.765 bits per heavy atom. The number of ether oxygens (including phenoxy) is 7. The van der Waals surface area contributed by atoms with Gasteiger partial charge in [-0.05, 0) is 80.2 Å². The van der Waals surface area contributed by atoms with E-state index >= 15 is 0 Å². The van der Waals surface area contributed by atoms with Crippen LogP contribution in [-0.4, -0.2) is 181 Å². The molecule has 23 heteroatoms. The van der Waals surface area contributed by atoms with Crippen molar-refractivity contribution in [1.82, 2.24) is 10.6 Å². The van der Waals surface area contributed by atoms with Crippen molar-refractivity contribution >= 4 is 57.2 Å². The highest BCUT2D eigenvalue weighted by Crippen LogP contribution is 2.32. The summed E-state index contributed by atoms with van der Waals surface area (Å²) in [6.07, 6.45) is 3.75. The molecule has 0 saturated carbocycles. The number of morpholine rings is 1. The molecule has 0 spiro atoms. The van der Waals surface area contributed by atoms with Gasteiger partial charge < -0.3 is 58.7 Å². The molecule has 2 aliphatic heterocycles. The largest absolute Gasteiger partial charge is 0.748 e. The number of aryl methyl sites for hydroxylation is 1. The molecule has 2 fully saturated rings. The Bertz CT molecular complexity index is 2740. The fourth-order valence-electron chi connectivity index (χ4n) is 9.79. The predicted octanol–water partition coefficient (Wildman–Crippen LogP) is 5.01. The summed E-state index contributed by atoms with van der Waals surface area (Å²) in [5, 5.41) is 9.70. The van der Waals surface area contributed by atoms with E-state index in [9.17, 15) is 28.8 Å². The first-order valence-electron chi connectivity index (χ1n) is 29.0. The third-order valence-electron chi connectivity index (χ3n) is 14.1. The maximum Gasteiger partial charge on any atom is 0.308 e. The number of quaternary nitrogens is 1. The zero-order valence-corrected chi connectivity index (χ0v) is 51.6. The van der Waals surface area contributed by atoms with E-state index in [4.69, 9.17) is 52.0 Å². The first kappa shape index (κ1) is 71.2. The maximum absolute atomic E-state index is 14.7. The normalized spacial score (nSPS) is 17.2. The lowest BCUT2D eigenvalue weighted by molar-refractivity contribution is -0.940. The van der Waals surface area contributed by atoms with Gasteiger partial charge >= 0.3 is 5.97 Å². The number of carbonyl (C=O) groups is 6. The zero-order chi connectivity index (χ0) is 62.4. The Morgan fingerprint density at radius 3 is 1.88 bits per heavy atom. The monoisotopic (exact) mass is 1210 g/mol. The first-order chi connectivity index (χ1) is 40.4. The lowest BCUT2D eigenvalue weighted by atomic mass is 9.87. The minimum Gasteiger partial charge on any atom is -0.748 e. The number of epoxide rings is 1. The third kappa shape index (κ3) is 28.2. The summed E-state index contributed by atoms with van der Waals surface area (Å²) in [4.78, 5) is 87.9. The fraction of sp³-hybridized carbons (Fsp3) is 0.581. The Morgan fingerprint density at radius 2 is 1.32 bits per heavy atom. The van der Waals surface area contributed by atoms with Gasteiger partial charge in [-0.2, -0.15) is 5.10 Å². The van der Waals surface area contributed by atoms with Gasteiger partial charge in [0.25, 0.3) is 0 Å². The van der Waals surface area contributed by atoms with Crippen LogP contribution in [0, 0.1) is 23.7 Å². The van der Waals surface area contributed by atoms with Gasteiger partial charge in [-0.15, -0.1) is 0 Å². The molecule has 2 amide bonds. The molecule has 2 aliphatic rings. The Hall–Kier alpha value is -6.31. The predicted molar refractivity (Wildman–Crippen MR) is 320 cm³/mol. The third-order valence-corrected chi connectivity index (χ3v) is 14.1. The van der Waals surface area contributed by atoms with Gasteiger partial charge in [-0.25, -0.2) is 8.42 Å². The minimum absolute atomic E-state index is 0.00287. The van der Waals surface area contributed by atoms with Crippen LogP contribution in [0.15, 0.2) is 89.0 Å². The summed E-state index contributed by atoms with van der Waals surface area (Å²) in [6, 6.07) is 22.8. The molecule has 470 valence electrons. The number of hydrogen-bond acceptors (Lipinski definition) is 19. The van der Waals surface area contributed by atoms with Crippen molar-refractivity contribution < 1.29 is 79.4 Å². The molecule has 0 aromatic heterocycles. The summed E-state index contributed by atoms with van der Waals surface area (Å²) >= 11 is 0. The Kier molecular flexibility index (Phi) is 30.7. The van der Waals surface area contributed by atoms with E-state index in [1.54, 1.807) is 20.0 Å². The molecule has 2 saturated heterocycles. The molecular formula is C62H90N6O16S. The number of nitrogens with one attached hydrogen (secondary N) is 2. The van der Waals surface area contributed by atoms with Crippen LogP contribution in [0.2, 0.25) is 0 Å². The van der Waals surface area contributed by atoms with E-state index in [1.807, 2.05) is 100 Å². The van der Waals surface area contributed by atoms with Crippen molar-refractivity contribution in [3.8, 4) is 11.5 Å². The molecule has 5 atom stereocenters. The lowest BCUT2D eigenvalue weighted by Crippen LogP contribution is -2.57. The average Bonchev–Trinajstić information content (AvgIpc) is 4.03. The molecular weight excluding hydrogens is 1120 g/mol. The number of nitrogens with two attached hydrogens (primary N) is 1. The van der Waals surface area contributed by atoms with Crippen molar-refractivity contribution in [3.63, 3.8) is 0 Å². The number of nitrogens with zero attached hydrogens (tertiary/aromatic N) is 3. The maximum atomic E-state index is 14.7. The van der Waals surface area contributed by atoms with Crippen molar-refractivity contribution in [2.45, 2.75) is 111 Å². The van der Waals surface area contributed by atoms with Crippen molar-refractivity contribution in [1.29, 1.82) is 0 Å². The quantitative estimate of drug-likeness (QED) is 0.00782. The number of Topliss-reactive ketones (excluding diaryl/α,β-unsaturated/α-hetero) is 3. The summed E-state index contributed by atoms with van der Waals surface area (Å²) in [7, 11) is -2.29. The number of benzene rings is 3. The molecule has 0 aliphatic carbocycles. The fourth-order valence-corrected chi connectivity index (χ4v) is 9.79. The number of hydrazone groups is 1. The van der Waals surface area contributed by atoms with Crippen molar-refractivity contribution in [3.05, 3.63) is 95.6 Å². The Labute approximate surface area is 501 Å². The van der Waals surface area contributed by atoms with Gasteiger partial charge in [0, 0.05) is 56.7 Å².